The van der Waals surface area contributed by atoms with Crippen LogP contribution in [0.3, 0.4) is 0 Å². The number of halogens is 3. The first kappa shape index (κ1) is 32.8. The molecule has 252 valence electrons. The van der Waals surface area contributed by atoms with Gasteiger partial charge in [-0.25, -0.2) is 9.37 Å². The van der Waals surface area contributed by atoms with Crippen LogP contribution in [0.4, 0.5) is 10.2 Å². The number of carbonyl (C=O) groups is 1. The fraction of sp³-hybridized carbons (Fsp3) is 0.429. The number of aromatic nitrogens is 5. The highest BCUT2D eigenvalue weighted by atomic mass is 35.5. The zero-order valence-electron chi connectivity index (χ0n) is 28.1. The summed E-state index contributed by atoms with van der Waals surface area (Å²) in [6.45, 7) is 7.48. The number of nitrogens with zero attached hydrogens (tertiary/aromatic N) is 8. The Bertz CT molecular complexity index is 2090. The van der Waals surface area contributed by atoms with Crippen LogP contribution in [0.15, 0.2) is 36.7 Å². The molecule has 2 saturated heterocycles. The molecule has 0 radical (unpaired) electrons. The molecule has 0 saturated carbocycles. The molecule has 10 nitrogen and oxygen atoms in total. The number of pyridine rings is 1. The van der Waals surface area contributed by atoms with Gasteiger partial charge in [-0.15, -0.1) is 0 Å². The topological polar surface area (TPSA) is 89.4 Å². The fourth-order valence-corrected chi connectivity index (χ4v) is 7.59. The van der Waals surface area contributed by atoms with Gasteiger partial charge in [0.2, 0.25) is 5.91 Å². The number of H-pyrrole nitrogens is 1. The van der Waals surface area contributed by atoms with Gasteiger partial charge in [-0.1, -0.05) is 29.3 Å². The molecule has 3 aromatic heterocycles. The first-order valence-corrected chi connectivity index (χ1v) is 17.0. The van der Waals surface area contributed by atoms with E-state index in [2.05, 4.69) is 41.0 Å². The third-order valence-electron chi connectivity index (χ3n) is 10.2. The van der Waals surface area contributed by atoms with E-state index in [0.717, 1.165) is 42.2 Å². The van der Waals surface area contributed by atoms with Gasteiger partial charge in [0.1, 0.15) is 11.3 Å². The molecule has 1 amide bonds. The molecule has 1 N–H and O–H groups in total. The molecule has 5 heterocycles. The fourth-order valence-electron chi connectivity index (χ4n) is 7.10. The predicted molar refractivity (Wildman–Crippen MR) is 192 cm³/mol. The zero-order chi connectivity index (χ0) is 34.1. The SMILES string of the molecule is Cc1c(Cl)cc2[nH]ncc2c1-c1c(Cl)cc2c(nc(N3CC(C)(N(C)C)C3)c3cnn(C4CCN(C(=O)/C=C/CN(C)C)CC4)c32)c1F. The van der Waals surface area contributed by atoms with E-state index < -0.39 is 5.82 Å². The third kappa shape index (κ3) is 5.41. The van der Waals surface area contributed by atoms with Crippen LogP contribution in [0.1, 0.15) is 31.4 Å². The van der Waals surface area contributed by atoms with E-state index in [9.17, 15) is 4.79 Å². The second-order valence-electron chi connectivity index (χ2n) is 13.9. The molecule has 13 heteroatoms. The second-order valence-corrected chi connectivity index (χ2v) is 14.7. The van der Waals surface area contributed by atoms with Crippen LogP contribution in [0.2, 0.25) is 10.0 Å². The Hall–Kier alpha value is -3.77. The number of carbonyl (C=O) groups excluding carboxylic acids is 1. The molecule has 0 unspecified atom stereocenters. The molecule has 0 bridgehead atoms. The summed E-state index contributed by atoms with van der Waals surface area (Å²) in [4.78, 5) is 26.2. The summed E-state index contributed by atoms with van der Waals surface area (Å²) >= 11 is 13.7. The van der Waals surface area contributed by atoms with Gasteiger partial charge in [0.15, 0.2) is 5.82 Å². The summed E-state index contributed by atoms with van der Waals surface area (Å²) in [5.41, 5.74) is 3.23. The summed E-state index contributed by atoms with van der Waals surface area (Å²) < 4.78 is 19.2. The second kappa shape index (κ2) is 12.3. The quantitative estimate of drug-likeness (QED) is 0.200. The molecule has 2 aliphatic rings. The molecule has 48 heavy (non-hydrogen) atoms. The summed E-state index contributed by atoms with van der Waals surface area (Å²) in [6, 6.07) is 3.62. The van der Waals surface area contributed by atoms with Crippen molar-refractivity contribution in [2.24, 2.45) is 0 Å². The number of hydrogen-bond acceptors (Lipinski definition) is 7. The predicted octanol–water partition coefficient (Wildman–Crippen LogP) is 6.30. The van der Waals surface area contributed by atoms with Crippen LogP contribution in [0, 0.1) is 12.7 Å². The lowest BCUT2D eigenvalue weighted by molar-refractivity contribution is -0.127. The summed E-state index contributed by atoms with van der Waals surface area (Å²) in [5, 5.41) is 15.0. The number of likely N-dealkylation sites (N-methyl/N-ethyl adjacent to an activating group) is 2. The number of rotatable bonds is 7. The van der Waals surface area contributed by atoms with Crippen molar-refractivity contribution in [3.8, 4) is 11.1 Å². The van der Waals surface area contributed by atoms with E-state index in [0.29, 0.717) is 52.5 Å². The van der Waals surface area contributed by atoms with E-state index in [-0.39, 0.29) is 33.6 Å². The monoisotopic (exact) mass is 691 g/mol. The molecular weight excluding hydrogens is 652 g/mol. The molecule has 2 fully saturated rings. The maximum atomic E-state index is 17.2. The first-order valence-electron chi connectivity index (χ1n) is 16.2. The van der Waals surface area contributed by atoms with Crippen molar-refractivity contribution in [1.82, 2.24) is 39.7 Å². The Morgan fingerprint density at radius 2 is 1.79 bits per heavy atom. The Morgan fingerprint density at radius 3 is 2.48 bits per heavy atom. The smallest absolute Gasteiger partial charge is 0.246 e. The van der Waals surface area contributed by atoms with E-state index in [1.165, 1.54) is 0 Å². The average molecular weight is 693 g/mol. The van der Waals surface area contributed by atoms with Crippen molar-refractivity contribution >= 4 is 67.6 Å². The van der Waals surface area contributed by atoms with Gasteiger partial charge in [0.05, 0.1) is 45.4 Å². The van der Waals surface area contributed by atoms with Crippen LogP contribution < -0.4 is 4.90 Å². The van der Waals surface area contributed by atoms with Crippen molar-refractivity contribution in [3.05, 3.63) is 58.1 Å². The summed E-state index contributed by atoms with van der Waals surface area (Å²) in [7, 11) is 8.09. The molecule has 5 aromatic rings. The average Bonchev–Trinajstić information content (AvgIpc) is 3.68. The van der Waals surface area contributed by atoms with Crippen molar-refractivity contribution in [2.75, 3.05) is 65.8 Å². The van der Waals surface area contributed by atoms with Crippen LogP contribution in [0.25, 0.3) is 43.8 Å². The molecule has 0 spiro atoms. The number of nitrogens with one attached hydrogen (secondary N) is 1. The number of benzene rings is 2. The minimum absolute atomic E-state index is 0.0152. The van der Waals surface area contributed by atoms with Crippen molar-refractivity contribution in [3.63, 3.8) is 0 Å². The Labute approximate surface area is 289 Å². The van der Waals surface area contributed by atoms with Crippen LogP contribution in [0.5, 0.6) is 0 Å². The molecule has 0 atom stereocenters. The number of amides is 1. The zero-order valence-corrected chi connectivity index (χ0v) is 29.6. The Kier molecular flexibility index (Phi) is 8.38. The number of hydrogen-bond donors (Lipinski definition) is 1. The molecule has 2 aromatic carbocycles. The highest BCUT2D eigenvalue weighted by molar-refractivity contribution is 6.36. The number of likely N-dealkylation sites (tertiary alicyclic amines) is 1. The van der Waals surface area contributed by atoms with E-state index in [1.807, 2.05) is 53.8 Å². The molecule has 0 aliphatic carbocycles. The standard InChI is InChI=1S/C35H40Cl2FN9O/c1-20-25(36)15-27-23(16-39-42-27)29(20)30-26(37)14-22-32(31(30)38)41-34(46-18-35(2,19-46)44(5)6)24-17-40-47(33(22)24)21-9-12-45(13-10-21)28(48)8-7-11-43(3)4/h7-8,14-17,21H,9-13,18-19H2,1-6H3,(H,39,42)/b8-7+. The highest BCUT2D eigenvalue weighted by Crippen LogP contribution is 2.46. The lowest BCUT2D eigenvalue weighted by Gasteiger charge is -2.52. The lowest BCUT2D eigenvalue weighted by Crippen LogP contribution is -2.67. The van der Waals surface area contributed by atoms with Gasteiger partial charge in [0, 0.05) is 65.7 Å². The van der Waals surface area contributed by atoms with Crippen LogP contribution in [-0.4, -0.2) is 112 Å². The van der Waals surface area contributed by atoms with Gasteiger partial charge in [0.25, 0.3) is 0 Å². The normalized spacial score (nSPS) is 17.2. The highest BCUT2D eigenvalue weighted by Gasteiger charge is 2.42. The Morgan fingerprint density at radius 1 is 1.06 bits per heavy atom. The van der Waals surface area contributed by atoms with Crippen molar-refractivity contribution in [1.29, 1.82) is 0 Å². The van der Waals surface area contributed by atoms with E-state index in [4.69, 9.17) is 33.3 Å². The van der Waals surface area contributed by atoms with Gasteiger partial charge in [-0.3, -0.25) is 14.6 Å². The maximum Gasteiger partial charge on any atom is 0.246 e. The van der Waals surface area contributed by atoms with Crippen molar-refractivity contribution < 1.29 is 9.18 Å². The van der Waals surface area contributed by atoms with Crippen LogP contribution >= 0.6 is 23.2 Å². The number of piperidine rings is 1. The third-order valence-corrected chi connectivity index (χ3v) is 10.9. The lowest BCUT2D eigenvalue weighted by atomic mass is 9.90. The van der Waals surface area contributed by atoms with Crippen molar-refractivity contribution in [2.45, 2.75) is 38.3 Å². The van der Waals surface area contributed by atoms with Crippen LogP contribution in [-0.2, 0) is 4.79 Å². The van der Waals surface area contributed by atoms with Gasteiger partial charge in [-0.2, -0.15) is 10.2 Å². The summed E-state index contributed by atoms with van der Waals surface area (Å²) in [6.07, 6.45) is 8.51. The maximum absolute atomic E-state index is 17.2. The van der Waals surface area contributed by atoms with Gasteiger partial charge in [-0.05, 0) is 72.6 Å². The molecular formula is C35H40Cl2FN9O. The molecule has 2 aliphatic heterocycles. The minimum Gasteiger partial charge on any atom is -0.352 e. The van der Waals surface area contributed by atoms with E-state index in [1.54, 1.807) is 18.3 Å². The Balaban J connectivity index is 1.35. The van der Waals surface area contributed by atoms with Gasteiger partial charge >= 0.3 is 0 Å². The summed E-state index contributed by atoms with van der Waals surface area (Å²) in [5.74, 6) is 0.205. The molecule has 7 rings (SSSR count). The number of aromatic amines is 1. The minimum atomic E-state index is -0.512. The van der Waals surface area contributed by atoms with E-state index >= 15 is 4.39 Å². The first-order chi connectivity index (χ1) is 22.9. The number of fused-ring (bicyclic) bond motifs is 4. The largest absolute Gasteiger partial charge is 0.352 e. The van der Waals surface area contributed by atoms with Gasteiger partial charge < -0.3 is 19.6 Å². The number of anilines is 1.